The minimum absolute atomic E-state index is 0.119. The quantitative estimate of drug-likeness (QED) is 0.841. The summed E-state index contributed by atoms with van der Waals surface area (Å²) in [5.41, 5.74) is 1.04. The Morgan fingerprint density at radius 2 is 2.17 bits per heavy atom. The number of hydrogen-bond acceptors (Lipinski definition) is 3. The van der Waals surface area contributed by atoms with Crippen LogP contribution in [0.3, 0.4) is 0 Å². The molecule has 0 radical (unpaired) electrons. The molecule has 1 unspecified atom stereocenters. The highest BCUT2D eigenvalue weighted by molar-refractivity contribution is 9.10. The molecule has 0 N–H and O–H groups in total. The van der Waals surface area contributed by atoms with Crippen molar-refractivity contribution in [2.75, 3.05) is 18.6 Å². The van der Waals surface area contributed by atoms with Crippen molar-refractivity contribution in [2.45, 2.75) is 24.3 Å². The number of rotatable bonds is 3. The van der Waals surface area contributed by atoms with E-state index in [9.17, 15) is 8.42 Å². The predicted octanol–water partition coefficient (Wildman–Crippen LogP) is 2.88. The van der Waals surface area contributed by atoms with Gasteiger partial charge in [-0.3, -0.25) is 0 Å². The Kier molecular flexibility index (Phi) is 4.41. The van der Waals surface area contributed by atoms with E-state index in [1.165, 1.54) is 4.31 Å². The van der Waals surface area contributed by atoms with Crippen LogP contribution in [0, 0.1) is 6.92 Å². The molecule has 1 aromatic rings. The topological polar surface area (TPSA) is 37.4 Å². The largest absolute Gasteiger partial charge is 0.244 e. The fourth-order valence-electron chi connectivity index (χ4n) is 1.98. The van der Waals surface area contributed by atoms with E-state index in [1.807, 2.05) is 30.8 Å². The smallest absolute Gasteiger partial charge is 0.207 e. The third kappa shape index (κ3) is 2.76. The summed E-state index contributed by atoms with van der Waals surface area (Å²) in [6.45, 7) is 1.94. The first kappa shape index (κ1) is 14.4. The summed E-state index contributed by atoms with van der Waals surface area (Å²) in [6.07, 6.45) is 0.934. The molecule has 1 saturated heterocycles. The summed E-state index contributed by atoms with van der Waals surface area (Å²) in [4.78, 5) is 0.354. The van der Waals surface area contributed by atoms with Gasteiger partial charge in [0.2, 0.25) is 10.0 Å². The summed E-state index contributed by atoms with van der Waals surface area (Å²) < 4.78 is 27.2. The van der Waals surface area contributed by atoms with Crippen LogP contribution in [0.4, 0.5) is 0 Å². The lowest BCUT2D eigenvalue weighted by molar-refractivity contribution is 0.394. The van der Waals surface area contributed by atoms with Gasteiger partial charge in [-0.15, -0.1) is 0 Å². The first-order valence-corrected chi connectivity index (χ1v) is 9.13. The van der Waals surface area contributed by atoms with Crippen molar-refractivity contribution in [3.63, 3.8) is 0 Å². The summed E-state index contributed by atoms with van der Waals surface area (Å²) in [6, 6.07) is 5.46. The SMILES string of the molecule is Cc1ccc(S(=O)(=O)N(C)C2CCSC2)c(Br)c1. The van der Waals surface area contributed by atoms with E-state index < -0.39 is 10.0 Å². The van der Waals surface area contributed by atoms with Gasteiger partial charge in [-0.05, 0) is 52.7 Å². The molecule has 1 atom stereocenters. The Hall–Kier alpha value is -0.0400. The molecule has 18 heavy (non-hydrogen) atoms. The Balaban J connectivity index is 2.35. The molecule has 1 aliphatic heterocycles. The number of thioether (sulfide) groups is 1. The monoisotopic (exact) mass is 349 g/mol. The molecule has 1 fully saturated rings. The number of benzene rings is 1. The molecule has 3 nitrogen and oxygen atoms in total. The molecule has 0 bridgehead atoms. The van der Waals surface area contributed by atoms with Crippen LogP contribution in [-0.4, -0.2) is 37.3 Å². The third-order valence-corrected chi connectivity index (χ3v) is 7.20. The van der Waals surface area contributed by atoms with Gasteiger partial charge in [-0.2, -0.15) is 16.1 Å². The van der Waals surface area contributed by atoms with Crippen LogP contribution in [0.2, 0.25) is 0 Å². The van der Waals surface area contributed by atoms with Crippen molar-refractivity contribution in [2.24, 2.45) is 0 Å². The summed E-state index contributed by atoms with van der Waals surface area (Å²) in [7, 11) is -1.72. The maximum Gasteiger partial charge on any atom is 0.244 e. The number of sulfonamides is 1. The second kappa shape index (κ2) is 5.53. The molecular formula is C12H16BrNO2S2. The number of aryl methyl sites for hydroxylation is 1. The zero-order valence-corrected chi connectivity index (χ0v) is 13.6. The number of nitrogens with zero attached hydrogens (tertiary/aromatic N) is 1. The van der Waals surface area contributed by atoms with E-state index in [-0.39, 0.29) is 6.04 Å². The maximum absolute atomic E-state index is 12.5. The van der Waals surface area contributed by atoms with Crippen LogP contribution in [0.1, 0.15) is 12.0 Å². The fraction of sp³-hybridized carbons (Fsp3) is 0.500. The van der Waals surface area contributed by atoms with Crippen LogP contribution in [0.25, 0.3) is 0 Å². The van der Waals surface area contributed by atoms with Gasteiger partial charge in [0, 0.05) is 23.3 Å². The van der Waals surface area contributed by atoms with Crippen LogP contribution in [-0.2, 0) is 10.0 Å². The number of halogens is 1. The molecule has 6 heteroatoms. The molecule has 1 aliphatic rings. The normalized spacial score (nSPS) is 20.6. The first-order valence-electron chi connectivity index (χ1n) is 5.75. The van der Waals surface area contributed by atoms with Crippen LogP contribution in [0.15, 0.2) is 27.6 Å². The van der Waals surface area contributed by atoms with E-state index in [0.29, 0.717) is 9.37 Å². The van der Waals surface area contributed by atoms with Gasteiger partial charge >= 0.3 is 0 Å². The minimum Gasteiger partial charge on any atom is -0.207 e. The minimum atomic E-state index is -3.40. The lowest BCUT2D eigenvalue weighted by Crippen LogP contribution is -2.37. The third-order valence-electron chi connectivity index (χ3n) is 3.16. The molecule has 0 saturated carbocycles. The summed E-state index contributed by atoms with van der Waals surface area (Å²) in [5, 5.41) is 0. The van der Waals surface area contributed by atoms with Crippen molar-refractivity contribution >= 4 is 37.7 Å². The van der Waals surface area contributed by atoms with Crippen molar-refractivity contribution in [1.29, 1.82) is 0 Å². The lowest BCUT2D eigenvalue weighted by atomic mass is 10.2. The first-order chi connectivity index (χ1) is 8.43. The van der Waals surface area contributed by atoms with Crippen LogP contribution < -0.4 is 0 Å². The van der Waals surface area contributed by atoms with Gasteiger partial charge in [-0.1, -0.05) is 6.07 Å². The molecule has 0 aromatic heterocycles. The number of hydrogen-bond donors (Lipinski definition) is 0. The molecule has 1 aromatic carbocycles. The predicted molar refractivity (Wildman–Crippen MR) is 79.6 cm³/mol. The van der Waals surface area contributed by atoms with Crippen molar-refractivity contribution in [3.05, 3.63) is 28.2 Å². The molecule has 100 valence electrons. The van der Waals surface area contributed by atoms with E-state index >= 15 is 0 Å². The molecule has 0 amide bonds. The average Bonchev–Trinajstić information content (AvgIpc) is 2.80. The summed E-state index contributed by atoms with van der Waals surface area (Å²) in [5.74, 6) is 1.93. The Bertz CT molecular complexity index is 539. The van der Waals surface area contributed by atoms with Crippen LogP contribution >= 0.6 is 27.7 Å². The highest BCUT2D eigenvalue weighted by Crippen LogP contribution is 2.30. The van der Waals surface area contributed by atoms with E-state index in [0.717, 1.165) is 23.5 Å². The van der Waals surface area contributed by atoms with Gasteiger partial charge in [0.1, 0.15) is 0 Å². The Labute approximate surface area is 121 Å². The molecule has 1 heterocycles. The van der Waals surface area contributed by atoms with Crippen molar-refractivity contribution in [1.82, 2.24) is 4.31 Å². The van der Waals surface area contributed by atoms with Gasteiger partial charge < -0.3 is 0 Å². The highest BCUT2D eigenvalue weighted by Gasteiger charge is 2.31. The van der Waals surface area contributed by atoms with Gasteiger partial charge in [-0.25, -0.2) is 8.42 Å². The van der Waals surface area contributed by atoms with Gasteiger partial charge in [0.15, 0.2) is 0 Å². The van der Waals surface area contributed by atoms with Crippen LogP contribution in [0.5, 0.6) is 0 Å². The Morgan fingerprint density at radius 3 is 2.72 bits per heavy atom. The highest BCUT2D eigenvalue weighted by atomic mass is 79.9. The summed E-state index contributed by atoms with van der Waals surface area (Å²) >= 11 is 5.16. The van der Waals surface area contributed by atoms with Crippen molar-refractivity contribution < 1.29 is 8.42 Å². The average molecular weight is 350 g/mol. The second-order valence-electron chi connectivity index (χ2n) is 4.47. The lowest BCUT2D eigenvalue weighted by Gasteiger charge is -2.23. The molecule has 2 rings (SSSR count). The zero-order chi connectivity index (χ0) is 13.3. The maximum atomic E-state index is 12.5. The fourth-order valence-corrected chi connectivity index (χ4v) is 5.87. The van der Waals surface area contributed by atoms with E-state index in [1.54, 1.807) is 13.1 Å². The molecule has 0 spiro atoms. The van der Waals surface area contributed by atoms with Gasteiger partial charge in [0.25, 0.3) is 0 Å². The van der Waals surface area contributed by atoms with Gasteiger partial charge in [0.05, 0.1) is 4.90 Å². The standard InChI is InChI=1S/C12H16BrNO2S2/c1-9-3-4-12(11(13)7-9)18(15,16)14(2)10-5-6-17-8-10/h3-4,7,10H,5-6,8H2,1-2H3. The van der Waals surface area contributed by atoms with E-state index in [4.69, 9.17) is 0 Å². The van der Waals surface area contributed by atoms with E-state index in [2.05, 4.69) is 15.9 Å². The second-order valence-corrected chi connectivity index (χ2v) is 8.44. The Morgan fingerprint density at radius 1 is 1.44 bits per heavy atom. The molecular weight excluding hydrogens is 334 g/mol. The zero-order valence-electron chi connectivity index (χ0n) is 10.4. The molecule has 0 aliphatic carbocycles. The van der Waals surface area contributed by atoms with Crippen molar-refractivity contribution in [3.8, 4) is 0 Å².